The zero-order chi connectivity index (χ0) is 18.2. The third-order valence-corrected chi connectivity index (χ3v) is 4.49. The van der Waals surface area contributed by atoms with Crippen molar-refractivity contribution in [3.8, 4) is 12.3 Å². The summed E-state index contributed by atoms with van der Waals surface area (Å²) in [5.74, 6) is 2.28. The fraction of sp³-hybridized carbons (Fsp3) is 0.462. The van der Waals surface area contributed by atoms with E-state index in [1.165, 1.54) is 17.2 Å². The standard InChI is InChI=1S/C13H16N6O5S/c1-2-7-9(20)10(21)13(24-7)19-6-18-8-11(16-5-17-12(8)19)15-3-4-25(14,22)23/h1,5-7,9-10,13,20-21H,3-4H2,(H2,14,22,23)(H,15,16,17)/t7-,9-,10-,13-/m1/s1. The molecule has 0 bridgehead atoms. The van der Waals surface area contributed by atoms with Crippen LogP contribution in [0.5, 0.6) is 0 Å². The summed E-state index contributed by atoms with van der Waals surface area (Å²) in [7, 11) is -3.61. The van der Waals surface area contributed by atoms with E-state index in [1.807, 2.05) is 0 Å². The van der Waals surface area contributed by atoms with Crippen LogP contribution in [-0.4, -0.2) is 68.8 Å². The van der Waals surface area contributed by atoms with Crippen molar-refractivity contribution < 1.29 is 23.4 Å². The van der Waals surface area contributed by atoms with Gasteiger partial charge in [-0.05, 0) is 0 Å². The summed E-state index contributed by atoms with van der Waals surface area (Å²) in [5, 5.41) is 27.8. The number of terminal acetylenes is 1. The first-order chi connectivity index (χ1) is 11.8. The SMILES string of the molecule is C#C[C@H]1O[C@@H](n2cnc3c(NCCS(N)(=O)=O)ncnc32)[C@H](O)[C@@H]1O. The lowest BCUT2D eigenvalue weighted by Crippen LogP contribution is -2.30. The number of aliphatic hydroxyl groups is 2. The van der Waals surface area contributed by atoms with E-state index in [0.717, 1.165) is 0 Å². The lowest BCUT2D eigenvalue weighted by atomic mass is 10.1. The number of hydrogen-bond acceptors (Lipinski definition) is 9. The van der Waals surface area contributed by atoms with E-state index in [0.29, 0.717) is 17.0 Å². The van der Waals surface area contributed by atoms with Crippen LogP contribution in [0.15, 0.2) is 12.7 Å². The second-order valence-electron chi connectivity index (χ2n) is 5.44. The lowest BCUT2D eigenvalue weighted by Gasteiger charge is -2.16. The van der Waals surface area contributed by atoms with Gasteiger partial charge in [0.15, 0.2) is 23.2 Å². The Hall–Kier alpha value is -2.30. The van der Waals surface area contributed by atoms with Crippen LogP contribution in [0.2, 0.25) is 0 Å². The maximum atomic E-state index is 11.0. The molecular formula is C13H16N6O5S. The van der Waals surface area contributed by atoms with Crippen molar-refractivity contribution >= 4 is 27.0 Å². The molecule has 1 saturated heterocycles. The molecule has 3 rings (SSSR count). The van der Waals surface area contributed by atoms with Gasteiger partial charge in [-0.2, -0.15) is 0 Å². The highest BCUT2D eigenvalue weighted by Crippen LogP contribution is 2.31. The van der Waals surface area contributed by atoms with Gasteiger partial charge in [0, 0.05) is 6.54 Å². The summed E-state index contributed by atoms with van der Waals surface area (Å²) in [6.07, 6.45) is 3.47. The van der Waals surface area contributed by atoms with Crippen molar-refractivity contribution in [2.24, 2.45) is 5.14 Å². The van der Waals surface area contributed by atoms with Gasteiger partial charge in [0.2, 0.25) is 10.0 Å². The molecule has 1 aliphatic heterocycles. The molecule has 25 heavy (non-hydrogen) atoms. The van der Waals surface area contributed by atoms with Gasteiger partial charge in [0.05, 0.1) is 12.1 Å². The minimum absolute atomic E-state index is 0.0399. The van der Waals surface area contributed by atoms with Gasteiger partial charge in [0.1, 0.15) is 24.6 Å². The van der Waals surface area contributed by atoms with Crippen molar-refractivity contribution in [3.63, 3.8) is 0 Å². The van der Waals surface area contributed by atoms with Crippen molar-refractivity contribution in [3.05, 3.63) is 12.7 Å². The summed E-state index contributed by atoms with van der Waals surface area (Å²) in [4.78, 5) is 12.3. The predicted molar refractivity (Wildman–Crippen MR) is 86.5 cm³/mol. The number of primary sulfonamides is 1. The first-order valence-corrected chi connectivity index (χ1v) is 8.93. The van der Waals surface area contributed by atoms with Crippen LogP contribution < -0.4 is 10.5 Å². The maximum Gasteiger partial charge on any atom is 0.210 e. The van der Waals surface area contributed by atoms with E-state index in [9.17, 15) is 18.6 Å². The lowest BCUT2D eigenvalue weighted by molar-refractivity contribution is -0.0230. The summed E-state index contributed by atoms with van der Waals surface area (Å²) in [6.45, 7) is 0.0399. The summed E-state index contributed by atoms with van der Waals surface area (Å²) < 4.78 is 28.9. The topological polar surface area (TPSA) is 165 Å². The van der Waals surface area contributed by atoms with Crippen LogP contribution in [0.3, 0.4) is 0 Å². The number of hydrogen-bond donors (Lipinski definition) is 4. The quantitative estimate of drug-likeness (QED) is 0.428. The normalized spacial score (nSPS) is 26.6. The Morgan fingerprint density at radius 2 is 2.12 bits per heavy atom. The molecule has 0 radical (unpaired) electrons. The molecule has 0 saturated carbocycles. The molecule has 4 atom stereocenters. The third kappa shape index (κ3) is 3.41. The van der Waals surface area contributed by atoms with Gasteiger partial charge in [-0.15, -0.1) is 6.42 Å². The largest absolute Gasteiger partial charge is 0.386 e. The van der Waals surface area contributed by atoms with Crippen molar-refractivity contribution in [1.29, 1.82) is 0 Å². The molecule has 0 aromatic carbocycles. The molecule has 1 aliphatic rings. The van der Waals surface area contributed by atoms with E-state index >= 15 is 0 Å². The predicted octanol–water partition coefficient (Wildman–Crippen LogP) is -2.22. The highest BCUT2D eigenvalue weighted by molar-refractivity contribution is 7.89. The molecular weight excluding hydrogens is 352 g/mol. The molecule has 1 fully saturated rings. The summed E-state index contributed by atoms with van der Waals surface area (Å²) in [5.41, 5.74) is 0.661. The first-order valence-electron chi connectivity index (χ1n) is 7.21. The van der Waals surface area contributed by atoms with Crippen LogP contribution >= 0.6 is 0 Å². The molecule has 5 N–H and O–H groups in total. The molecule has 0 amide bonds. The Bertz CT molecular complexity index is 923. The number of imidazole rings is 1. The fourth-order valence-corrected chi connectivity index (χ4v) is 2.89. The Kier molecular flexibility index (Phi) is 4.58. The smallest absolute Gasteiger partial charge is 0.210 e. The Morgan fingerprint density at radius 1 is 1.36 bits per heavy atom. The molecule has 134 valence electrons. The Labute approximate surface area is 142 Å². The van der Waals surface area contributed by atoms with E-state index in [-0.39, 0.29) is 12.3 Å². The van der Waals surface area contributed by atoms with E-state index in [2.05, 4.69) is 26.2 Å². The van der Waals surface area contributed by atoms with Crippen LogP contribution in [0, 0.1) is 12.3 Å². The Balaban J connectivity index is 1.88. The molecule has 3 heterocycles. The molecule has 2 aromatic rings. The minimum atomic E-state index is -3.61. The monoisotopic (exact) mass is 368 g/mol. The zero-order valence-electron chi connectivity index (χ0n) is 12.8. The number of ether oxygens (including phenoxy) is 1. The number of fused-ring (bicyclic) bond motifs is 1. The van der Waals surface area contributed by atoms with Crippen molar-refractivity contribution in [2.75, 3.05) is 17.6 Å². The molecule has 2 aromatic heterocycles. The van der Waals surface area contributed by atoms with Gasteiger partial charge in [-0.25, -0.2) is 28.5 Å². The number of nitrogens with zero attached hydrogens (tertiary/aromatic N) is 4. The fourth-order valence-electron chi connectivity index (χ4n) is 2.51. The number of anilines is 1. The van der Waals surface area contributed by atoms with Crippen molar-refractivity contribution in [1.82, 2.24) is 19.5 Å². The second-order valence-corrected chi connectivity index (χ2v) is 7.17. The highest BCUT2D eigenvalue weighted by atomic mass is 32.2. The van der Waals surface area contributed by atoms with Gasteiger partial charge in [-0.1, -0.05) is 5.92 Å². The number of nitrogens with one attached hydrogen (secondary N) is 1. The van der Waals surface area contributed by atoms with Crippen molar-refractivity contribution in [2.45, 2.75) is 24.5 Å². The molecule has 0 unspecified atom stereocenters. The molecule has 0 aliphatic carbocycles. The Morgan fingerprint density at radius 3 is 2.76 bits per heavy atom. The number of sulfonamides is 1. The number of aliphatic hydroxyl groups excluding tert-OH is 2. The first kappa shape index (κ1) is 17.5. The molecule has 11 nitrogen and oxygen atoms in total. The summed E-state index contributed by atoms with van der Waals surface area (Å²) in [6, 6.07) is 0. The summed E-state index contributed by atoms with van der Waals surface area (Å²) >= 11 is 0. The highest BCUT2D eigenvalue weighted by Gasteiger charge is 2.43. The molecule has 12 heteroatoms. The van der Waals surface area contributed by atoms with Gasteiger partial charge < -0.3 is 20.3 Å². The van der Waals surface area contributed by atoms with Crippen LogP contribution in [-0.2, 0) is 14.8 Å². The van der Waals surface area contributed by atoms with Gasteiger partial charge in [0.25, 0.3) is 0 Å². The minimum Gasteiger partial charge on any atom is -0.386 e. The van der Waals surface area contributed by atoms with Crippen LogP contribution in [0.4, 0.5) is 5.82 Å². The van der Waals surface area contributed by atoms with Crippen LogP contribution in [0.25, 0.3) is 11.2 Å². The number of rotatable bonds is 5. The van der Waals surface area contributed by atoms with Crippen LogP contribution in [0.1, 0.15) is 6.23 Å². The van der Waals surface area contributed by atoms with Gasteiger partial charge in [-0.3, -0.25) is 4.57 Å². The number of nitrogens with two attached hydrogens (primary N) is 1. The third-order valence-electron chi connectivity index (χ3n) is 3.71. The zero-order valence-corrected chi connectivity index (χ0v) is 13.7. The second kappa shape index (κ2) is 6.54. The van der Waals surface area contributed by atoms with E-state index < -0.39 is 34.6 Å². The average molecular weight is 368 g/mol. The number of aromatic nitrogens is 4. The maximum absolute atomic E-state index is 11.0. The van der Waals surface area contributed by atoms with E-state index in [4.69, 9.17) is 16.3 Å². The van der Waals surface area contributed by atoms with E-state index in [1.54, 1.807) is 0 Å². The molecule has 0 spiro atoms. The van der Waals surface area contributed by atoms with Gasteiger partial charge >= 0.3 is 0 Å². The average Bonchev–Trinajstić information content (AvgIpc) is 3.09.